The summed E-state index contributed by atoms with van der Waals surface area (Å²) in [4.78, 5) is 26.6. The van der Waals surface area contributed by atoms with Crippen molar-refractivity contribution in [3.05, 3.63) is 59.7 Å². The van der Waals surface area contributed by atoms with Crippen molar-refractivity contribution in [1.29, 1.82) is 0 Å². The van der Waals surface area contributed by atoms with Gasteiger partial charge < -0.3 is 20.3 Å². The zero-order chi connectivity index (χ0) is 23.1. The Morgan fingerprint density at radius 1 is 1.09 bits per heavy atom. The van der Waals surface area contributed by atoms with E-state index in [1.807, 2.05) is 24.3 Å². The number of methoxy groups -OCH3 is 1. The van der Waals surface area contributed by atoms with Crippen molar-refractivity contribution in [2.24, 2.45) is 0 Å². The quantitative estimate of drug-likeness (QED) is 0.679. The monoisotopic (exact) mass is 449 g/mol. The number of nitrogens with zero attached hydrogens (tertiary/aromatic N) is 1. The van der Waals surface area contributed by atoms with Crippen molar-refractivity contribution in [3.8, 4) is 5.75 Å². The zero-order valence-corrected chi connectivity index (χ0v) is 17.7. The highest BCUT2D eigenvalue weighted by atomic mass is 19.4. The number of nitrogens with one attached hydrogen (secondary N) is 2. The number of hydrogen-bond acceptors (Lipinski definition) is 4. The fraction of sp³-hybridized carbons (Fsp3) is 0.391. The smallest absolute Gasteiger partial charge is 0.416 e. The molecule has 0 unspecified atom stereocenters. The molecule has 0 saturated carbocycles. The van der Waals surface area contributed by atoms with Crippen LogP contribution < -0.4 is 15.4 Å². The van der Waals surface area contributed by atoms with E-state index < -0.39 is 11.7 Å². The van der Waals surface area contributed by atoms with Crippen molar-refractivity contribution in [2.45, 2.75) is 31.5 Å². The average Bonchev–Trinajstić information content (AvgIpc) is 2.78. The van der Waals surface area contributed by atoms with Crippen LogP contribution in [0.5, 0.6) is 5.75 Å². The minimum Gasteiger partial charge on any atom is -0.496 e. The molecule has 0 spiro atoms. The topological polar surface area (TPSA) is 70.7 Å². The second-order valence-electron chi connectivity index (χ2n) is 7.64. The summed E-state index contributed by atoms with van der Waals surface area (Å²) < 4.78 is 43.6. The number of rotatable bonds is 7. The Morgan fingerprint density at radius 3 is 2.50 bits per heavy atom. The molecule has 2 aromatic carbocycles. The van der Waals surface area contributed by atoms with Gasteiger partial charge in [-0.1, -0.05) is 24.3 Å². The van der Waals surface area contributed by atoms with Crippen molar-refractivity contribution in [2.75, 3.05) is 32.1 Å². The number of carbonyl (C=O) groups is 2. The van der Waals surface area contributed by atoms with Gasteiger partial charge in [-0.15, -0.1) is 0 Å². The van der Waals surface area contributed by atoms with E-state index in [9.17, 15) is 22.8 Å². The molecule has 0 aromatic heterocycles. The van der Waals surface area contributed by atoms with Gasteiger partial charge in [-0.25, -0.2) is 0 Å². The zero-order valence-electron chi connectivity index (χ0n) is 17.7. The van der Waals surface area contributed by atoms with Gasteiger partial charge in [0.15, 0.2) is 0 Å². The predicted octanol–water partition coefficient (Wildman–Crippen LogP) is 3.48. The van der Waals surface area contributed by atoms with Crippen LogP contribution in [0.25, 0.3) is 0 Å². The molecule has 1 saturated heterocycles. The molecule has 1 heterocycles. The third-order valence-corrected chi connectivity index (χ3v) is 5.39. The summed E-state index contributed by atoms with van der Waals surface area (Å²) in [6, 6.07) is 12.0. The first kappa shape index (κ1) is 23.4. The summed E-state index contributed by atoms with van der Waals surface area (Å²) in [5.41, 5.74) is 0.288. The molecule has 2 N–H and O–H groups in total. The largest absolute Gasteiger partial charge is 0.496 e. The fourth-order valence-corrected chi connectivity index (χ4v) is 3.66. The SMILES string of the molecule is COc1ccccc1CC(=O)N1CCC(NC(=O)CNc2cccc(C(F)(F)F)c2)CC1. The van der Waals surface area contributed by atoms with E-state index in [1.54, 1.807) is 12.0 Å². The minimum atomic E-state index is -4.43. The number of amides is 2. The van der Waals surface area contributed by atoms with Crippen LogP contribution in [0.15, 0.2) is 48.5 Å². The highest BCUT2D eigenvalue weighted by Crippen LogP contribution is 2.30. The standard InChI is InChI=1S/C23H26F3N3O3/c1-32-20-8-3-2-5-16(20)13-22(31)29-11-9-18(10-12-29)28-21(30)15-27-19-7-4-6-17(14-19)23(24,25)26/h2-8,14,18,27H,9-13,15H2,1H3,(H,28,30). The Labute approximate surface area is 184 Å². The second kappa shape index (κ2) is 10.4. The molecule has 0 atom stereocenters. The second-order valence-corrected chi connectivity index (χ2v) is 7.64. The molecule has 0 bridgehead atoms. The van der Waals surface area contributed by atoms with Gasteiger partial charge in [-0.05, 0) is 37.1 Å². The van der Waals surface area contributed by atoms with Crippen LogP contribution in [0, 0.1) is 0 Å². The van der Waals surface area contributed by atoms with Gasteiger partial charge >= 0.3 is 6.18 Å². The Balaban J connectivity index is 1.43. The lowest BCUT2D eigenvalue weighted by Gasteiger charge is -2.32. The van der Waals surface area contributed by atoms with Crippen LogP contribution >= 0.6 is 0 Å². The molecule has 0 radical (unpaired) electrons. The molecular weight excluding hydrogens is 423 g/mol. The van der Waals surface area contributed by atoms with Crippen molar-refractivity contribution < 1.29 is 27.5 Å². The number of likely N-dealkylation sites (tertiary alicyclic amines) is 1. The molecule has 9 heteroatoms. The van der Waals surface area contributed by atoms with Crippen LogP contribution in [-0.4, -0.2) is 49.5 Å². The van der Waals surface area contributed by atoms with Gasteiger partial charge in [-0.2, -0.15) is 13.2 Å². The van der Waals surface area contributed by atoms with Gasteiger partial charge in [0.2, 0.25) is 11.8 Å². The normalized spacial score (nSPS) is 14.7. The summed E-state index contributed by atoms with van der Waals surface area (Å²) in [5.74, 6) is 0.378. The van der Waals surface area contributed by atoms with E-state index in [2.05, 4.69) is 10.6 Å². The van der Waals surface area contributed by atoms with E-state index in [1.165, 1.54) is 12.1 Å². The average molecular weight is 449 g/mol. The van der Waals surface area contributed by atoms with Crippen LogP contribution in [0.4, 0.5) is 18.9 Å². The summed E-state index contributed by atoms with van der Waals surface area (Å²) >= 11 is 0. The van der Waals surface area contributed by atoms with Gasteiger partial charge in [0.25, 0.3) is 0 Å². The highest BCUT2D eigenvalue weighted by molar-refractivity contribution is 5.81. The number of piperidine rings is 1. The molecule has 0 aliphatic carbocycles. The summed E-state index contributed by atoms with van der Waals surface area (Å²) in [6.45, 7) is 0.925. The number of halogens is 3. The molecule has 1 aliphatic rings. The molecule has 2 amide bonds. The maximum Gasteiger partial charge on any atom is 0.416 e. The molecule has 32 heavy (non-hydrogen) atoms. The number of benzene rings is 2. The lowest BCUT2D eigenvalue weighted by Crippen LogP contribution is -2.48. The van der Waals surface area contributed by atoms with Crippen molar-refractivity contribution >= 4 is 17.5 Å². The molecular formula is C23H26F3N3O3. The van der Waals surface area contributed by atoms with Crippen LogP contribution in [0.2, 0.25) is 0 Å². The van der Waals surface area contributed by atoms with E-state index in [-0.39, 0.29) is 36.5 Å². The third-order valence-electron chi connectivity index (χ3n) is 5.39. The van der Waals surface area contributed by atoms with Gasteiger partial charge in [0, 0.05) is 30.4 Å². The number of ether oxygens (including phenoxy) is 1. The van der Waals surface area contributed by atoms with E-state index in [4.69, 9.17) is 4.74 Å². The molecule has 1 fully saturated rings. The fourth-order valence-electron chi connectivity index (χ4n) is 3.66. The Hall–Kier alpha value is -3.23. The van der Waals surface area contributed by atoms with Crippen LogP contribution in [0.3, 0.4) is 0 Å². The Kier molecular flexibility index (Phi) is 7.61. The number of hydrogen-bond donors (Lipinski definition) is 2. The maximum absolute atomic E-state index is 12.8. The van der Waals surface area contributed by atoms with Gasteiger partial charge in [0.1, 0.15) is 5.75 Å². The number of carbonyl (C=O) groups excluding carboxylic acids is 2. The van der Waals surface area contributed by atoms with Gasteiger partial charge in [0.05, 0.1) is 25.6 Å². The molecule has 172 valence electrons. The maximum atomic E-state index is 12.8. The highest BCUT2D eigenvalue weighted by Gasteiger charge is 2.30. The van der Waals surface area contributed by atoms with E-state index >= 15 is 0 Å². The number of anilines is 1. The first-order valence-corrected chi connectivity index (χ1v) is 10.4. The number of para-hydroxylation sites is 1. The number of alkyl halides is 3. The lowest BCUT2D eigenvalue weighted by atomic mass is 10.0. The van der Waals surface area contributed by atoms with E-state index in [0.29, 0.717) is 31.7 Å². The van der Waals surface area contributed by atoms with Crippen LogP contribution in [0.1, 0.15) is 24.0 Å². The lowest BCUT2D eigenvalue weighted by molar-refractivity contribution is -0.137. The molecule has 6 nitrogen and oxygen atoms in total. The van der Waals surface area contributed by atoms with Crippen molar-refractivity contribution in [1.82, 2.24) is 10.2 Å². The third kappa shape index (κ3) is 6.38. The predicted molar refractivity (Wildman–Crippen MR) is 114 cm³/mol. The Bertz CT molecular complexity index is 941. The first-order valence-electron chi connectivity index (χ1n) is 10.4. The van der Waals surface area contributed by atoms with E-state index in [0.717, 1.165) is 17.7 Å². The van der Waals surface area contributed by atoms with Gasteiger partial charge in [-0.3, -0.25) is 9.59 Å². The summed E-state index contributed by atoms with van der Waals surface area (Å²) in [6.07, 6.45) is -2.95. The Morgan fingerprint density at radius 2 is 1.81 bits per heavy atom. The molecule has 1 aliphatic heterocycles. The minimum absolute atomic E-state index is 0.00508. The summed E-state index contributed by atoms with van der Waals surface area (Å²) in [7, 11) is 1.57. The molecule has 3 rings (SSSR count). The van der Waals surface area contributed by atoms with Crippen molar-refractivity contribution in [3.63, 3.8) is 0 Å². The first-order chi connectivity index (χ1) is 15.3. The summed E-state index contributed by atoms with van der Waals surface area (Å²) in [5, 5.41) is 5.60. The van der Waals surface area contributed by atoms with Crippen LogP contribution in [-0.2, 0) is 22.2 Å². The molecule has 2 aromatic rings.